The molecule has 1 N–H and O–H groups in total. The van der Waals surface area contributed by atoms with Gasteiger partial charge in [0.15, 0.2) is 0 Å². The average molecular weight is 225 g/mol. The van der Waals surface area contributed by atoms with Gasteiger partial charge in [0.1, 0.15) is 0 Å². The SMILES string of the molecule is C=CCCCCCN1CC(C(=O)O)CC1=O. The molecule has 0 aromatic heterocycles. The summed E-state index contributed by atoms with van der Waals surface area (Å²) in [4.78, 5) is 23.8. The van der Waals surface area contributed by atoms with Crippen molar-refractivity contribution in [3.8, 4) is 0 Å². The van der Waals surface area contributed by atoms with Gasteiger partial charge in [-0.05, 0) is 19.3 Å². The lowest BCUT2D eigenvalue weighted by molar-refractivity contribution is -0.141. The molecule has 16 heavy (non-hydrogen) atoms. The molecule has 4 nitrogen and oxygen atoms in total. The van der Waals surface area contributed by atoms with E-state index < -0.39 is 11.9 Å². The van der Waals surface area contributed by atoms with E-state index in [1.807, 2.05) is 6.08 Å². The number of aliphatic carboxylic acids is 1. The first-order valence-electron chi connectivity index (χ1n) is 5.76. The lowest BCUT2D eigenvalue weighted by atomic mass is 10.1. The molecule has 1 heterocycles. The van der Waals surface area contributed by atoms with Gasteiger partial charge in [0.05, 0.1) is 5.92 Å². The Morgan fingerprint density at radius 1 is 1.50 bits per heavy atom. The van der Waals surface area contributed by atoms with E-state index in [1.165, 1.54) is 0 Å². The van der Waals surface area contributed by atoms with Gasteiger partial charge in [-0.1, -0.05) is 12.5 Å². The number of rotatable bonds is 7. The average Bonchev–Trinajstić information content (AvgIpc) is 2.60. The first-order chi connectivity index (χ1) is 7.65. The Morgan fingerprint density at radius 2 is 2.25 bits per heavy atom. The fourth-order valence-electron chi connectivity index (χ4n) is 1.92. The molecule has 1 aliphatic rings. The van der Waals surface area contributed by atoms with Crippen molar-refractivity contribution in [2.24, 2.45) is 5.92 Å². The van der Waals surface area contributed by atoms with Crippen LogP contribution in [0.4, 0.5) is 0 Å². The molecule has 1 fully saturated rings. The van der Waals surface area contributed by atoms with Crippen molar-refractivity contribution in [3.63, 3.8) is 0 Å². The van der Waals surface area contributed by atoms with Crippen LogP contribution in [-0.2, 0) is 9.59 Å². The highest BCUT2D eigenvalue weighted by Gasteiger charge is 2.33. The molecule has 4 heteroatoms. The number of carboxylic acids is 1. The van der Waals surface area contributed by atoms with Crippen LogP contribution < -0.4 is 0 Å². The van der Waals surface area contributed by atoms with E-state index >= 15 is 0 Å². The summed E-state index contributed by atoms with van der Waals surface area (Å²) >= 11 is 0. The summed E-state index contributed by atoms with van der Waals surface area (Å²) in [5, 5.41) is 8.80. The van der Waals surface area contributed by atoms with Gasteiger partial charge in [-0.25, -0.2) is 0 Å². The van der Waals surface area contributed by atoms with Crippen LogP contribution in [0.3, 0.4) is 0 Å². The standard InChI is InChI=1S/C12H19NO3/c1-2-3-4-5-6-7-13-9-10(12(15)16)8-11(13)14/h2,10H,1,3-9H2,(H,15,16). The van der Waals surface area contributed by atoms with Crippen molar-refractivity contribution in [1.29, 1.82) is 0 Å². The van der Waals surface area contributed by atoms with E-state index in [1.54, 1.807) is 4.90 Å². The Bertz CT molecular complexity index is 275. The Hall–Kier alpha value is -1.32. The normalized spacial score (nSPS) is 20.1. The molecule has 0 aromatic rings. The summed E-state index contributed by atoms with van der Waals surface area (Å²) in [7, 11) is 0. The number of amides is 1. The molecule has 1 saturated heterocycles. The smallest absolute Gasteiger partial charge is 0.308 e. The zero-order valence-electron chi connectivity index (χ0n) is 9.52. The molecular weight excluding hydrogens is 206 g/mol. The third-order valence-electron chi connectivity index (χ3n) is 2.90. The summed E-state index contributed by atoms with van der Waals surface area (Å²) in [5.41, 5.74) is 0. The molecule has 0 aliphatic carbocycles. The van der Waals surface area contributed by atoms with E-state index in [4.69, 9.17) is 5.11 Å². The van der Waals surface area contributed by atoms with E-state index in [0.29, 0.717) is 13.1 Å². The summed E-state index contributed by atoms with van der Waals surface area (Å²) in [5.74, 6) is -1.38. The van der Waals surface area contributed by atoms with Crippen molar-refractivity contribution in [3.05, 3.63) is 12.7 Å². The number of carbonyl (C=O) groups excluding carboxylic acids is 1. The largest absolute Gasteiger partial charge is 0.481 e. The van der Waals surface area contributed by atoms with Gasteiger partial charge in [-0.2, -0.15) is 0 Å². The van der Waals surface area contributed by atoms with E-state index in [-0.39, 0.29) is 12.3 Å². The molecule has 0 radical (unpaired) electrons. The van der Waals surface area contributed by atoms with Crippen molar-refractivity contribution in [2.45, 2.75) is 32.1 Å². The molecule has 1 unspecified atom stereocenters. The van der Waals surface area contributed by atoms with Gasteiger partial charge < -0.3 is 10.0 Å². The quantitative estimate of drug-likeness (QED) is 0.529. The van der Waals surface area contributed by atoms with Crippen LogP contribution in [0.5, 0.6) is 0 Å². The predicted molar refractivity (Wildman–Crippen MR) is 61.0 cm³/mol. The number of carbonyl (C=O) groups is 2. The maximum absolute atomic E-state index is 11.5. The fourth-order valence-corrected chi connectivity index (χ4v) is 1.92. The first kappa shape index (κ1) is 12.7. The third-order valence-corrected chi connectivity index (χ3v) is 2.90. The molecular formula is C12H19NO3. The first-order valence-corrected chi connectivity index (χ1v) is 5.76. The lowest BCUT2D eigenvalue weighted by Crippen LogP contribution is -2.27. The fraction of sp³-hybridized carbons (Fsp3) is 0.667. The summed E-state index contributed by atoms with van der Waals surface area (Å²) in [6.45, 7) is 4.73. The van der Waals surface area contributed by atoms with Crippen molar-refractivity contribution in [1.82, 2.24) is 4.90 Å². The van der Waals surface area contributed by atoms with Crippen LogP contribution in [0.1, 0.15) is 32.1 Å². The molecule has 1 aliphatic heterocycles. The van der Waals surface area contributed by atoms with E-state index in [2.05, 4.69) is 6.58 Å². The number of likely N-dealkylation sites (tertiary alicyclic amines) is 1. The highest BCUT2D eigenvalue weighted by atomic mass is 16.4. The Labute approximate surface area is 95.9 Å². The Morgan fingerprint density at radius 3 is 2.81 bits per heavy atom. The van der Waals surface area contributed by atoms with Gasteiger partial charge in [0.2, 0.25) is 5.91 Å². The van der Waals surface area contributed by atoms with Gasteiger partial charge in [-0.15, -0.1) is 6.58 Å². The molecule has 0 saturated carbocycles. The summed E-state index contributed by atoms with van der Waals surface area (Å²) < 4.78 is 0. The lowest BCUT2D eigenvalue weighted by Gasteiger charge is -2.15. The molecule has 90 valence electrons. The Balaban J connectivity index is 2.20. The molecule has 0 spiro atoms. The molecule has 0 bridgehead atoms. The summed E-state index contributed by atoms with van der Waals surface area (Å²) in [6.07, 6.45) is 6.17. The van der Waals surface area contributed by atoms with Gasteiger partial charge in [0, 0.05) is 19.5 Å². The second-order valence-corrected chi connectivity index (χ2v) is 4.22. The highest BCUT2D eigenvalue weighted by molar-refractivity contribution is 5.86. The zero-order valence-corrected chi connectivity index (χ0v) is 9.52. The second kappa shape index (κ2) is 6.30. The minimum Gasteiger partial charge on any atom is -0.481 e. The number of unbranched alkanes of at least 4 members (excludes halogenated alkanes) is 3. The van der Waals surface area contributed by atoms with Crippen molar-refractivity contribution >= 4 is 11.9 Å². The topological polar surface area (TPSA) is 57.6 Å². The molecule has 1 atom stereocenters. The van der Waals surface area contributed by atoms with Gasteiger partial charge in [-0.3, -0.25) is 9.59 Å². The van der Waals surface area contributed by atoms with Crippen LogP contribution in [0.25, 0.3) is 0 Å². The van der Waals surface area contributed by atoms with Crippen LogP contribution in [0.2, 0.25) is 0 Å². The number of carboxylic acid groups (broad SMARTS) is 1. The maximum Gasteiger partial charge on any atom is 0.308 e. The molecule has 1 amide bonds. The van der Waals surface area contributed by atoms with Crippen molar-refractivity contribution in [2.75, 3.05) is 13.1 Å². The molecule has 1 rings (SSSR count). The monoisotopic (exact) mass is 225 g/mol. The number of nitrogens with zero attached hydrogens (tertiary/aromatic N) is 1. The van der Waals surface area contributed by atoms with Crippen LogP contribution in [0, 0.1) is 5.92 Å². The van der Waals surface area contributed by atoms with Crippen LogP contribution in [0.15, 0.2) is 12.7 Å². The number of hydrogen-bond donors (Lipinski definition) is 1. The minimum absolute atomic E-state index is 0.0175. The van der Waals surface area contributed by atoms with Crippen LogP contribution >= 0.6 is 0 Å². The maximum atomic E-state index is 11.5. The third kappa shape index (κ3) is 3.68. The van der Waals surface area contributed by atoms with Crippen molar-refractivity contribution < 1.29 is 14.7 Å². The molecule has 0 aromatic carbocycles. The van der Waals surface area contributed by atoms with E-state index in [0.717, 1.165) is 25.7 Å². The van der Waals surface area contributed by atoms with Gasteiger partial charge >= 0.3 is 5.97 Å². The second-order valence-electron chi connectivity index (χ2n) is 4.22. The zero-order chi connectivity index (χ0) is 12.0. The Kier molecular flexibility index (Phi) is 5.02. The predicted octanol–water partition coefficient (Wildman–Crippen LogP) is 1.67. The minimum atomic E-state index is -0.859. The highest BCUT2D eigenvalue weighted by Crippen LogP contribution is 2.18. The van der Waals surface area contributed by atoms with E-state index in [9.17, 15) is 9.59 Å². The number of hydrogen-bond acceptors (Lipinski definition) is 2. The summed E-state index contributed by atoms with van der Waals surface area (Å²) in [6, 6.07) is 0. The number of allylic oxidation sites excluding steroid dienone is 1. The van der Waals surface area contributed by atoms with Crippen LogP contribution in [-0.4, -0.2) is 35.0 Å². The van der Waals surface area contributed by atoms with Gasteiger partial charge in [0.25, 0.3) is 0 Å².